The zero-order valence-electron chi connectivity index (χ0n) is 10.8. The van der Waals surface area contributed by atoms with Crippen molar-refractivity contribution in [2.45, 2.75) is 52.1 Å². The lowest BCUT2D eigenvalue weighted by molar-refractivity contribution is 0.110. The fourth-order valence-corrected chi connectivity index (χ4v) is 2.42. The molecule has 1 rings (SSSR count). The normalized spacial score (nSPS) is 23.0. The predicted octanol–water partition coefficient (Wildman–Crippen LogP) is 1.65. The van der Waals surface area contributed by atoms with Crippen molar-refractivity contribution in [1.82, 2.24) is 9.80 Å². The number of hydrogen-bond donors (Lipinski definition) is 1. The number of amides is 2. The van der Waals surface area contributed by atoms with Crippen molar-refractivity contribution in [1.29, 1.82) is 0 Å². The minimum Gasteiger partial charge on any atom is -0.326 e. The molecule has 0 aliphatic carbocycles. The third-order valence-corrected chi connectivity index (χ3v) is 3.44. The van der Waals surface area contributed by atoms with E-state index in [9.17, 15) is 4.79 Å². The zero-order valence-corrected chi connectivity index (χ0v) is 10.8. The van der Waals surface area contributed by atoms with Crippen LogP contribution in [0.5, 0.6) is 0 Å². The Labute approximate surface area is 98.8 Å². The molecule has 0 spiro atoms. The van der Waals surface area contributed by atoms with E-state index in [0.29, 0.717) is 0 Å². The molecule has 0 aromatic heterocycles. The fourth-order valence-electron chi connectivity index (χ4n) is 2.42. The molecule has 1 aliphatic heterocycles. The Balaban J connectivity index is 2.70. The smallest absolute Gasteiger partial charge is 0.320 e. The van der Waals surface area contributed by atoms with Gasteiger partial charge in [0.25, 0.3) is 0 Å². The van der Waals surface area contributed by atoms with Crippen LogP contribution in [0.4, 0.5) is 4.79 Å². The summed E-state index contributed by atoms with van der Waals surface area (Å²) in [6, 6.07) is 0.452. The fraction of sp³-hybridized carbons (Fsp3) is 0.917. The lowest BCUT2D eigenvalue weighted by Gasteiger charge is -2.40. The second-order valence-corrected chi connectivity index (χ2v) is 4.57. The molecule has 2 unspecified atom stereocenters. The Morgan fingerprint density at radius 2 is 2.06 bits per heavy atom. The first-order valence-electron chi connectivity index (χ1n) is 6.42. The molecule has 1 fully saturated rings. The van der Waals surface area contributed by atoms with Crippen LogP contribution in [0.2, 0.25) is 0 Å². The Morgan fingerprint density at radius 1 is 1.44 bits per heavy atom. The van der Waals surface area contributed by atoms with E-state index in [1.54, 1.807) is 0 Å². The number of urea groups is 1. The summed E-state index contributed by atoms with van der Waals surface area (Å²) in [5, 5.41) is 0. The van der Waals surface area contributed by atoms with Crippen LogP contribution in [0, 0.1) is 0 Å². The van der Waals surface area contributed by atoms with Gasteiger partial charge in [0.2, 0.25) is 0 Å². The summed E-state index contributed by atoms with van der Waals surface area (Å²) >= 11 is 0. The third kappa shape index (κ3) is 2.88. The van der Waals surface area contributed by atoms with Gasteiger partial charge in [-0.05, 0) is 40.0 Å². The molecular formula is C12H25N3O. The number of nitrogens with two attached hydrogens (primary N) is 1. The van der Waals surface area contributed by atoms with Crippen molar-refractivity contribution in [2.24, 2.45) is 5.73 Å². The molecule has 0 saturated carbocycles. The third-order valence-electron chi connectivity index (χ3n) is 3.44. The SMILES string of the molecule is CCN(CC)C(=O)N1CCCCC1C(C)N. The van der Waals surface area contributed by atoms with Gasteiger partial charge < -0.3 is 15.5 Å². The van der Waals surface area contributed by atoms with Crippen LogP contribution in [0.3, 0.4) is 0 Å². The first kappa shape index (κ1) is 13.3. The summed E-state index contributed by atoms with van der Waals surface area (Å²) in [7, 11) is 0. The van der Waals surface area contributed by atoms with Crippen LogP contribution in [0.25, 0.3) is 0 Å². The topological polar surface area (TPSA) is 49.6 Å². The average molecular weight is 227 g/mol. The maximum absolute atomic E-state index is 12.3. The zero-order chi connectivity index (χ0) is 12.1. The Hall–Kier alpha value is -0.770. The van der Waals surface area contributed by atoms with Gasteiger partial charge >= 0.3 is 6.03 Å². The van der Waals surface area contributed by atoms with E-state index < -0.39 is 0 Å². The Bertz CT molecular complexity index is 226. The molecule has 4 heteroatoms. The van der Waals surface area contributed by atoms with Gasteiger partial charge in [-0.1, -0.05) is 0 Å². The van der Waals surface area contributed by atoms with E-state index in [0.717, 1.165) is 32.5 Å². The van der Waals surface area contributed by atoms with E-state index in [-0.39, 0.29) is 18.1 Å². The standard InChI is InChI=1S/C12H25N3O/c1-4-14(5-2)12(16)15-9-7-6-8-11(15)10(3)13/h10-11H,4-9,13H2,1-3H3. The van der Waals surface area contributed by atoms with Crippen LogP contribution in [-0.4, -0.2) is 47.5 Å². The van der Waals surface area contributed by atoms with Gasteiger partial charge in [-0.2, -0.15) is 0 Å². The maximum Gasteiger partial charge on any atom is 0.320 e. The van der Waals surface area contributed by atoms with E-state index >= 15 is 0 Å². The number of carbonyl (C=O) groups excluding carboxylic acids is 1. The van der Waals surface area contributed by atoms with E-state index in [1.807, 2.05) is 30.6 Å². The van der Waals surface area contributed by atoms with Gasteiger partial charge in [0.05, 0.1) is 0 Å². The van der Waals surface area contributed by atoms with Crippen LogP contribution < -0.4 is 5.73 Å². The molecule has 94 valence electrons. The quantitative estimate of drug-likeness (QED) is 0.797. The summed E-state index contributed by atoms with van der Waals surface area (Å²) in [5.74, 6) is 0. The highest BCUT2D eigenvalue weighted by Crippen LogP contribution is 2.20. The number of carbonyl (C=O) groups is 1. The molecule has 2 N–H and O–H groups in total. The number of hydrogen-bond acceptors (Lipinski definition) is 2. The van der Waals surface area contributed by atoms with Crippen molar-refractivity contribution >= 4 is 6.03 Å². The molecule has 1 heterocycles. The molecule has 16 heavy (non-hydrogen) atoms. The van der Waals surface area contributed by atoms with E-state index in [4.69, 9.17) is 5.73 Å². The van der Waals surface area contributed by atoms with E-state index in [1.165, 1.54) is 6.42 Å². The first-order valence-corrected chi connectivity index (χ1v) is 6.42. The molecule has 2 atom stereocenters. The minimum absolute atomic E-state index is 0.0693. The molecule has 1 aliphatic rings. The van der Waals surface area contributed by atoms with Gasteiger partial charge in [0, 0.05) is 31.7 Å². The summed E-state index contributed by atoms with van der Waals surface area (Å²) < 4.78 is 0. The molecule has 2 amide bonds. The second kappa shape index (κ2) is 6.09. The molecule has 4 nitrogen and oxygen atoms in total. The molecule has 0 aromatic carbocycles. The number of piperidine rings is 1. The van der Waals surface area contributed by atoms with Crippen molar-refractivity contribution in [3.05, 3.63) is 0 Å². The highest BCUT2D eigenvalue weighted by atomic mass is 16.2. The van der Waals surface area contributed by atoms with Gasteiger partial charge in [-0.15, -0.1) is 0 Å². The van der Waals surface area contributed by atoms with Gasteiger partial charge in [0.1, 0.15) is 0 Å². The molecule has 0 aromatic rings. The lowest BCUT2D eigenvalue weighted by Crippen LogP contribution is -2.55. The number of likely N-dealkylation sites (tertiary alicyclic amines) is 1. The van der Waals surface area contributed by atoms with Crippen LogP contribution in [0.1, 0.15) is 40.0 Å². The Morgan fingerprint density at radius 3 is 2.56 bits per heavy atom. The minimum atomic E-state index is 0.0693. The van der Waals surface area contributed by atoms with Crippen LogP contribution in [-0.2, 0) is 0 Å². The second-order valence-electron chi connectivity index (χ2n) is 4.57. The first-order chi connectivity index (χ1) is 7.61. The van der Waals surface area contributed by atoms with Crippen LogP contribution >= 0.6 is 0 Å². The summed E-state index contributed by atoms with van der Waals surface area (Å²) in [6.45, 7) is 8.45. The highest BCUT2D eigenvalue weighted by molar-refractivity contribution is 5.75. The summed E-state index contributed by atoms with van der Waals surface area (Å²) in [5.41, 5.74) is 5.97. The van der Waals surface area contributed by atoms with Crippen molar-refractivity contribution < 1.29 is 4.79 Å². The number of rotatable bonds is 3. The van der Waals surface area contributed by atoms with Gasteiger partial charge in [0.15, 0.2) is 0 Å². The molecular weight excluding hydrogens is 202 g/mol. The van der Waals surface area contributed by atoms with Crippen molar-refractivity contribution in [2.75, 3.05) is 19.6 Å². The molecule has 1 saturated heterocycles. The maximum atomic E-state index is 12.3. The predicted molar refractivity (Wildman–Crippen MR) is 66.3 cm³/mol. The average Bonchev–Trinajstić information content (AvgIpc) is 2.30. The summed E-state index contributed by atoms with van der Waals surface area (Å²) in [4.78, 5) is 16.1. The summed E-state index contributed by atoms with van der Waals surface area (Å²) in [6.07, 6.45) is 3.34. The lowest BCUT2D eigenvalue weighted by atomic mass is 9.97. The number of nitrogens with zero attached hydrogens (tertiary/aromatic N) is 2. The highest BCUT2D eigenvalue weighted by Gasteiger charge is 2.30. The molecule has 0 bridgehead atoms. The Kier molecular flexibility index (Phi) is 5.06. The largest absolute Gasteiger partial charge is 0.326 e. The molecule has 0 radical (unpaired) electrons. The van der Waals surface area contributed by atoms with Crippen molar-refractivity contribution in [3.63, 3.8) is 0 Å². The van der Waals surface area contributed by atoms with E-state index in [2.05, 4.69) is 0 Å². The van der Waals surface area contributed by atoms with Gasteiger partial charge in [-0.25, -0.2) is 4.79 Å². The van der Waals surface area contributed by atoms with Gasteiger partial charge in [-0.3, -0.25) is 0 Å². The van der Waals surface area contributed by atoms with Crippen molar-refractivity contribution in [3.8, 4) is 0 Å². The monoisotopic (exact) mass is 227 g/mol. The van der Waals surface area contributed by atoms with Crippen LogP contribution in [0.15, 0.2) is 0 Å².